The predicted molar refractivity (Wildman–Crippen MR) is 132 cm³/mol. The van der Waals surface area contributed by atoms with Crippen LogP contribution in [0, 0.1) is 5.92 Å². The number of carbonyl (C=O) groups is 1. The Morgan fingerprint density at radius 1 is 0.903 bits per heavy atom. The largest absolute Gasteiger partial charge is 0.427 e. The first-order valence-electron chi connectivity index (χ1n) is 12.6. The van der Waals surface area contributed by atoms with E-state index in [-0.39, 0.29) is 5.97 Å². The van der Waals surface area contributed by atoms with Crippen molar-refractivity contribution in [3.05, 3.63) is 48.0 Å². The molecule has 0 spiro atoms. The quantitative estimate of drug-likeness (QED) is 0.195. The molecule has 2 aromatic rings. The molecule has 2 nitrogen and oxygen atoms in total. The number of ether oxygens (including phenoxy) is 1. The van der Waals surface area contributed by atoms with E-state index < -0.39 is 0 Å². The van der Waals surface area contributed by atoms with Crippen molar-refractivity contribution in [1.29, 1.82) is 0 Å². The molecule has 0 bridgehead atoms. The average Bonchev–Trinajstić information content (AvgIpc) is 2.80. The summed E-state index contributed by atoms with van der Waals surface area (Å²) in [4.78, 5) is 12.1. The van der Waals surface area contributed by atoms with Crippen molar-refractivity contribution >= 4 is 22.3 Å². The van der Waals surface area contributed by atoms with Crippen LogP contribution < -0.4 is 4.74 Å². The van der Waals surface area contributed by atoms with Crippen LogP contribution in [-0.2, 0) is 4.79 Å². The monoisotopic (exact) mass is 420 g/mol. The normalized spacial score (nSPS) is 16.3. The van der Waals surface area contributed by atoms with Crippen molar-refractivity contribution < 1.29 is 9.53 Å². The van der Waals surface area contributed by atoms with Crippen LogP contribution in [0.1, 0.15) is 103 Å². The molecule has 2 heteroatoms. The van der Waals surface area contributed by atoms with Crippen LogP contribution in [0.25, 0.3) is 16.3 Å². The first-order chi connectivity index (χ1) is 15.2. The van der Waals surface area contributed by atoms with Gasteiger partial charge in [0.05, 0.1) is 0 Å². The number of allylic oxidation sites excluding steroid dienone is 2. The second kappa shape index (κ2) is 12.7. The maximum absolute atomic E-state index is 12.1. The van der Waals surface area contributed by atoms with Crippen LogP contribution in [0.4, 0.5) is 0 Å². The SMILES string of the molecule is CCCCCCC(=O)Oc1ccc2cc(C3=CCC(CCCCCC)CC3)ccc2c1. The molecule has 0 radical (unpaired) electrons. The molecular weight excluding hydrogens is 380 g/mol. The summed E-state index contributed by atoms with van der Waals surface area (Å²) < 4.78 is 5.56. The van der Waals surface area contributed by atoms with Crippen LogP contribution in [-0.4, -0.2) is 5.97 Å². The van der Waals surface area contributed by atoms with Gasteiger partial charge in [-0.25, -0.2) is 0 Å². The number of fused-ring (bicyclic) bond motifs is 1. The zero-order valence-corrected chi connectivity index (χ0v) is 19.6. The van der Waals surface area contributed by atoms with Gasteiger partial charge < -0.3 is 4.74 Å². The minimum Gasteiger partial charge on any atom is -0.427 e. The van der Waals surface area contributed by atoms with Crippen molar-refractivity contribution in [1.82, 2.24) is 0 Å². The summed E-state index contributed by atoms with van der Waals surface area (Å²) in [6.07, 6.45) is 18.0. The summed E-state index contributed by atoms with van der Waals surface area (Å²) >= 11 is 0. The average molecular weight is 421 g/mol. The summed E-state index contributed by atoms with van der Waals surface area (Å²) in [6, 6.07) is 12.7. The van der Waals surface area contributed by atoms with Gasteiger partial charge in [-0.1, -0.05) is 89.5 Å². The molecule has 0 aromatic heterocycles. The summed E-state index contributed by atoms with van der Waals surface area (Å²) in [6.45, 7) is 4.46. The Morgan fingerprint density at radius 2 is 1.65 bits per heavy atom. The smallest absolute Gasteiger partial charge is 0.311 e. The molecule has 0 amide bonds. The van der Waals surface area contributed by atoms with Gasteiger partial charge in [0.1, 0.15) is 5.75 Å². The molecule has 0 heterocycles. The minimum absolute atomic E-state index is 0.122. The van der Waals surface area contributed by atoms with Crippen molar-refractivity contribution in [2.24, 2.45) is 5.92 Å². The van der Waals surface area contributed by atoms with E-state index in [9.17, 15) is 4.79 Å². The van der Waals surface area contributed by atoms with Crippen molar-refractivity contribution in [3.8, 4) is 5.75 Å². The lowest BCUT2D eigenvalue weighted by atomic mass is 9.83. The van der Waals surface area contributed by atoms with E-state index in [0.29, 0.717) is 12.2 Å². The molecule has 1 aliphatic carbocycles. The third kappa shape index (κ3) is 7.52. The molecule has 1 atom stereocenters. The van der Waals surface area contributed by atoms with Gasteiger partial charge in [0.25, 0.3) is 0 Å². The molecule has 31 heavy (non-hydrogen) atoms. The van der Waals surface area contributed by atoms with Gasteiger partial charge in [-0.05, 0) is 71.7 Å². The van der Waals surface area contributed by atoms with Gasteiger partial charge in [0.15, 0.2) is 0 Å². The Balaban J connectivity index is 1.55. The number of hydrogen-bond acceptors (Lipinski definition) is 2. The van der Waals surface area contributed by atoms with E-state index in [2.05, 4.69) is 44.2 Å². The van der Waals surface area contributed by atoms with Crippen LogP contribution in [0.15, 0.2) is 42.5 Å². The molecule has 3 rings (SSSR count). The lowest BCUT2D eigenvalue weighted by molar-refractivity contribution is -0.134. The Hall–Kier alpha value is -2.09. The summed E-state index contributed by atoms with van der Waals surface area (Å²) in [7, 11) is 0. The number of unbranched alkanes of at least 4 members (excludes halogenated alkanes) is 6. The maximum Gasteiger partial charge on any atom is 0.311 e. The van der Waals surface area contributed by atoms with E-state index in [1.807, 2.05) is 12.1 Å². The van der Waals surface area contributed by atoms with Crippen LogP contribution in [0.2, 0.25) is 0 Å². The maximum atomic E-state index is 12.1. The zero-order valence-electron chi connectivity index (χ0n) is 19.6. The Kier molecular flexibility index (Phi) is 9.65. The van der Waals surface area contributed by atoms with Gasteiger partial charge in [0.2, 0.25) is 0 Å². The van der Waals surface area contributed by atoms with Crippen LogP contribution in [0.3, 0.4) is 0 Å². The van der Waals surface area contributed by atoms with E-state index in [4.69, 9.17) is 4.74 Å². The highest BCUT2D eigenvalue weighted by Crippen LogP contribution is 2.34. The van der Waals surface area contributed by atoms with E-state index in [0.717, 1.165) is 24.1 Å². The lowest BCUT2D eigenvalue weighted by Crippen LogP contribution is -2.07. The van der Waals surface area contributed by atoms with Gasteiger partial charge in [0, 0.05) is 6.42 Å². The van der Waals surface area contributed by atoms with Crippen LogP contribution in [0.5, 0.6) is 5.75 Å². The zero-order chi connectivity index (χ0) is 21.9. The molecule has 0 saturated heterocycles. The fourth-order valence-electron chi connectivity index (χ4n) is 4.64. The summed E-state index contributed by atoms with van der Waals surface area (Å²) in [5.41, 5.74) is 2.84. The van der Waals surface area contributed by atoms with Crippen molar-refractivity contribution in [2.75, 3.05) is 0 Å². The lowest BCUT2D eigenvalue weighted by Gasteiger charge is -2.22. The number of benzene rings is 2. The van der Waals surface area contributed by atoms with Crippen molar-refractivity contribution in [3.63, 3.8) is 0 Å². The Labute approximate surface area is 189 Å². The fraction of sp³-hybridized carbons (Fsp3) is 0.552. The third-order valence-electron chi connectivity index (χ3n) is 6.63. The van der Waals surface area contributed by atoms with Gasteiger partial charge >= 0.3 is 5.97 Å². The minimum atomic E-state index is -0.122. The van der Waals surface area contributed by atoms with Gasteiger partial charge in [-0.2, -0.15) is 0 Å². The Bertz CT molecular complexity index is 864. The van der Waals surface area contributed by atoms with E-state index in [1.165, 1.54) is 80.7 Å². The predicted octanol–water partition coefficient (Wildman–Crippen LogP) is 8.87. The molecule has 1 unspecified atom stereocenters. The van der Waals surface area contributed by atoms with Crippen molar-refractivity contribution in [2.45, 2.75) is 97.3 Å². The highest BCUT2D eigenvalue weighted by Gasteiger charge is 2.15. The number of carbonyl (C=O) groups excluding carboxylic acids is 1. The highest BCUT2D eigenvalue weighted by molar-refractivity contribution is 5.88. The molecule has 0 aliphatic heterocycles. The summed E-state index contributed by atoms with van der Waals surface area (Å²) in [5.74, 6) is 1.41. The van der Waals surface area contributed by atoms with E-state index >= 15 is 0 Å². The van der Waals surface area contributed by atoms with Gasteiger partial charge in [-0.15, -0.1) is 0 Å². The molecule has 168 valence electrons. The van der Waals surface area contributed by atoms with Crippen LogP contribution >= 0.6 is 0 Å². The molecular formula is C29H40O2. The Morgan fingerprint density at radius 3 is 2.39 bits per heavy atom. The summed E-state index contributed by atoms with van der Waals surface area (Å²) in [5, 5.41) is 2.34. The second-order valence-corrected chi connectivity index (χ2v) is 9.23. The first-order valence-corrected chi connectivity index (χ1v) is 12.6. The molecule has 1 aliphatic rings. The topological polar surface area (TPSA) is 26.3 Å². The number of rotatable bonds is 12. The fourth-order valence-corrected chi connectivity index (χ4v) is 4.64. The van der Waals surface area contributed by atoms with E-state index in [1.54, 1.807) is 0 Å². The van der Waals surface area contributed by atoms with Gasteiger partial charge in [-0.3, -0.25) is 4.79 Å². The number of hydrogen-bond donors (Lipinski definition) is 0. The third-order valence-corrected chi connectivity index (χ3v) is 6.63. The number of esters is 1. The molecule has 0 saturated carbocycles. The standard InChI is InChI=1S/C29H40O2/c1-3-5-7-9-11-23-13-15-24(16-14-23)25-17-18-27-22-28(20-19-26(27)21-25)31-29(30)12-10-8-6-4-2/h15,17-23H,3-14,16H2,1-2H3. The first kappa shape index (κ1) is 23.6. The molecule has 2 aromatic carbocycles. The second-order valence-electron chi connectivity index (χ2n) is 9.23. The molecule has 0 N–H and O–H groups in total. The molecule has 0 fully saturated rings. The highest BCUT2D eigenvalue weighted by atomic mass is 16.5.